The van der Waals surface area contributed by atoms with Crippen LogP contribution in [0, 0.1) is 0 Å². The molecule has 1 rings (SSSR count). The van der Waals surface area contributed by atoms with E-state index in [1.807, 2.05) is 32.0 Å². The summed E-state index contributed by atoms with van der Waals surface area (Å²) in [4.78, 5) is 11.2. The number of ether oxygens (including phenoxy) is 3. The molecule has 1 aromatic rings. The van der Waals surface area contributed by atoms with Crippen molar-refractivity contribution in [2.45, 2.75) is 20.3 Å². The van der Waals surface area contributed by atoms with Crippen molar-refractivity contribution in [3.05, 3.63) is 36.4 Å². The van der Waals surface area contributed by atoms with Crippen LogP contribution in [0.15, 0.2) is 30.9 Å². The molecule has 0 bridgehead atoms. The van der Waals surface area contributed by atoms with E-state index in [4.69, 9.17) is 14.2 Å². The van der Waals surface area contributed by atoms with Crippen molar-refractivity contribution in [1.29, 1.82) is 0 Å². The summed E-state index contributed by atoms with van der Waals surface area (Å²) in [6.45, 7) is 8.80. The predicted octanol–water partition coefficient (Wildman–Crippen LogP) is 4.24. The fourth-order valence-corrected chi connectivity index (χ4v) is 3.15. The molecule has 1 amide bonds. The van der Waals surface area contributed by atoms with Crippen molar-refractivity contribution in [3.63, 3.8) is 0 Å². The second-order valence-electron chi connectivity index (χ2n) is 4.29. The topological polar surface area (TPSA) is 56.8 Å². The first-order valence-electron chi connectivity index (χ1n) is 7.41. The first-order chi connectivity index (χ1) is 11.2. The zero-order valence-corrected chi connectivity index (χ0v) is 15.1. The molecule has 128 valence electrons. The Morgan fingerprint density at radius 2 is 2.00 bits per heavy atom. The number of nitrogens with one attached hydrogen (secondary N) is 1. The standard InChI is InChI=1S/C16H23NO4S2/c1-4-10-21-16(18)17-23-22-11-9-13-7-8-14(19-5-2)15(12-13)20-6-3/h4,7-8,12H,1,5-6,9-11H2,2-3H3,(H,17,18). The molecule has 5 nitrogen and oxygen atoms in total. The first kappa shape index (κ1) is 19.6. The van der Waals surface area contributed by atoms with Gasteiger partial charge in [-0.2, -0.15) is 0 Å². The second-order valence-corrected chi connectivity index (χ2v) is 6.51. The molecular formula is C16H23NO4S2. The van der Waals surface area contributed by atoms with Gasteiger partial charge in [-0.1, -0.05) is 29.5 Å². The monoisotopic (exact) mass is 357 g/mol. The molecule has 0 aliphatic rings. The van der Waals surface area contributed by atoms with Crippen molar-refractivity contribution in [1.82, 2.24) is 4.72 Å². The van der Waals surface area contributed by atoms with Gasteiger partial charge in [0.05, 0.1) is 13.2 Å². The lowest BCUT2D eigenvalue weighted by Gasteiger charge is -2.12. The number of amides is 1. The fourth-order valence-electron chi connectivity index (χ4n) is 1.68. The van der Waals surface area contributed by atoms with E-state index in [0.29, 0.717) is 13.2 Å². The Morgan fingerprint density at radius 3 is 2.70 bits per heavy atom. The van der Waals surface area contributed by atoms with Crippen LogP contribution in [0.5, 0.6) is 11.5 Å². The minimum atomic E-state index is -0.456. The van der Waals surface area contributed by atoms with Gasteiger partial charge in [0.2, 0.25) is 0 Å². The number of hydrogen-bond acceptors (Lipinski definition) is 6. The minimum absolute atomic E-state index is 0.212. The van der Waals surface area contributed by atoms with E-state index in [1.54, 1.807) is 10.8 Å². The van der Waals surface area contributed by atoms with Gasteiger partial charge >= 0.3 is 6.09 Å². The van der Waals surface area contributed by atoms with E-state index in [-0.39, 0.29) is 6.61 Å². The maximum absolute atomic E-state index is 11.2. The molecule has 23 heavy (non-hydrogen) atoms. The van der Waals surface area contributed by atoms with Crippen LogP contribution in [0.2, 0.25) is 0 Å². The lowest BCUT2D eigenvalue weighted by molar-refractivity contribution is 0.166. The highest BCUT2D eigenvalue weighted by molar-refractivity contribution is 8.76. The molecule has 0 atom stereocenters. The lowest BCUT2D eigenvalue weighted by Crippen LogP contribution is -2.16. The van der Waals surface area contributed by atoms with Gasteiger partial charge in [0.1, 0.15) is 6.61 Å². The van der Waals surface area contributed by atoms with E-state index in [2.05, 4.69) is 11.3 Å². The van der Waals surface area contributed by atoms with Gasteiger partial charge < -0.3 is 14.2 Å². The zero-order chi connectivity index (χ0) is 16.9. The van der Waals surface area contributed by atoms with Crippen LogP contribution in [-0.2, 0) is 11.2 Å². The quantitative estimate of drug-likeness (QED) is 0.277. The molecule has 0 spiro atoms. The average Bonchev–Trinajstić information content (AvgIpc) is 2.55. The molecule has 1 aromatic carbocycles. The number of rotatable bonds is 11. The molecule has 0 aromatic heterocycles. The Kier molecular flexibility index (Phi) is 10.2. The Bertz CT molecular complexity index is 497. The molecule has 0 saturated heterocycles. The summed E-state index contributed by atoms with van der Waals surface area (Å²) < 4.78 is 18.5. The molecule has 0 unspecified atom stereocenters. The Labute approximate surface area is 145 Å². The van der Waals surface area contributed by atoms with E-state index < -0.39 is 6.09 Å². The van der Waals surface area contributed by atoms with Crippen molar-refractivity contribution < 1.29 is 19.0 Å². The van der Waals surface area contributed by atoms with Crippen LogP contribution >= 0.6 is 21.8 Å². The van der Waals surface area contributed by atoms with Gasteiger partial charge in [0.15, 0.2) is 11.5 Å². The summed E-state index contributed by atoms with van der Waals surface area (Å²) in [5.41, 5.74) is 1.17. The fraction of sp³-hybridized carbons (Fsp3) is 0.438. The number of hydrogen-bond donors (Lipinski definition) is 1. The van der Waals surface area contributed by atoms with Gasteiger partial charge in [-0.25, -0.2) is 4.79 Å². The Hall–Kier alpha value is -1.47. The molecule has 0 radical (unpaired) electrons. The number of carbonyl (C=O) groups is 1. The number of aryl methyl sites for hydroxylation is 1. The number of benzene rings is 1. The van der Waals surface area contributed by atoms with E-state index in [0.717, 1.165) is 23.7 Å². The van der Waals surface area contributed by atoms with Gasteiger partial charge in [-0.05, 0) is 38.0 Å². The van der Waals surface area contributed by atoms with Crippen molar-refractivity contribution >= 4 is 27.9 Å². The van der Waals surface area contributed by atoms with E-state index in [9.17, 15) is 4.79 Å². The van der Waals surface area contributed by atoms with Crippen LogP contribution in [0.25, 0.3) is 0 Å². The number of carbonyl (C=O) groups excluding carboxylic acids is 1. The van der Waals surface area contributed by atoms with Crippen LogP contribution in [0.1, 0.15) is 19.4 Å². The molecule has 0 heterocycles. The van der Waals surface area contributed by atoms with Gasteiger partial charge in [-0.15, -0.1) is 0 Å². The molecule has 0 saturated carbocycles. The summed E-state index contributed by atoms with van der Waals surface area (Å²) in [6, 6.07) is 5.97. The summed E-state index contributed by atoms with van der Waals surface area (Å²) in [6.07, 6.45) is 1.94. The summed E-state index contributed by atoms with van der Waals surface area (Å²) >= 11 is 0. The first-order valence-corrected chi connectivity index (χ1v) is 9.73. The SMILES string of the molecule is C=CCOC(=O)NSSCCc1ccc(OCC)c(OCC)c1. The van der Waals surface area contributed by atoms with Gasteiger partial charge in [-0.3, -0.25) is 4.72 Å². The highest BCUT2D eigenvalue weighted by atomic mass is 33.1. The molecular weight excluding hydrogens is 334 g/mol. The third-order valence-electron chi connectivity index (χ3n) is 2.60. The maximum atomic E-state index is 11.2. The lowest BCUT2D eigenvalue weighted by atomic mass is 10.1. The minimum Gasteiger partial charge on any atom is -0.490 e. The predicted molar refractivity (Wildman–Crippen MR) is 97.2 cm³/mol. The zero-order valence-electron chi connectivity index (χ0n) is 13.5. The second kappa shape index (κ2) is 12.0. The maximum Gasteiger partial charge on any atom is 0.418 e. The third-order valence-corrected chi connectivity index (χ3v) is 4.44. The van der Waals surface area contributed by atoms with E-state index in [1.165, 1.54) is 22.6 Å². The van der Waals surface area contributed by atoms with Crippen molar-refractivity contribution in [2.75, 3.05) is 25.6 Å². The summed E-state index contributed by atoms with van der Waals surface area (Å²) in [5.74, 6) is 2.40. The van der Waals surface area contributed by atoms with Crippen LogP contribution < -0.4 is 14.2 Å². The Balaban J connectivity index is 2.35. The van der Waals surface area contributed by atoms with Gasteiger partial charge in [0, 0.05) is 16.7 Å². The largest absolute Gasteiger partial charge is 0.490 e. The van der Waals surface area contributed by atoms with Crippen molar-refractivity contribution in [2.24, 2.45) is 0 Å². The highest BCUT2D eigenvalue weighted by Crippen LogP contribution is 2.29. The summed E-state index contributed by atoms with van der Waals surface area (Å²) in [5, 5.41) is 0. The van der Waals surface area contributed by atoms with Gasteiger partial charge in [0.25, 0.3) is 0 Å². The third kappa shape index (κ3) is 8.08. The highest BCUT2D eigenvalue weighted by Gasteiger charge is 2.06. The molecule has 1 N–H and O–H groups in total. The van der Waals surface area contributed by atoms with Crippen LogP contribution in [0.4, 0.5) is 4.79 Å². The normalized spacial score (nSPS) is 10.0. The molecule has 0 aliphatic heterocycles. The van der Waals surface area contributed by atoms with Crippen molar-refractivity contribution in [3.8, 4) is 11.5 Å². The smallest absolute Gasteiger partial charge is 0.418 e. The summed E-state index contributed by atoms with van der Waals surface area (Å²) in [7, 11) is 2.81. The molecule has 7 heteroatoms. The van der Waals surface area contributed by atoms with Crippen LogP contribution in [-0.4, -0.2) is 31.7 Å². The Morgan fingerprint density at radius 1 is 1.26 bits per heavy atom. The molecule has 0 fully saturated rings. The average molecular weight is 357 g/mol. The van der Waals surface area contributed by atoms with Crippen LogP contribution in [0.3, 0.4) is 0 Å². The van der Waals surface area contributed by atoms with E-state index >= 15 is 0 Å². The molecule has 0 aliphatic carbocycles.